The number of aryl methyl sites for hydroxylation is 3. The second kappa shape index (κ2) is 12.7. The molecule has 4 aromatic heterocycles. The highest BCUT2D eigenvalue weighted by Crippen LogP contribution is 2.52. The van der Waals surface area contributed by atoms with Gasteiger partial charge < -0.3 is 9.47 Å². The van der Waals surface area contributed by atoms with Crippen LogP contribution in [0, 0.1) is 20.8 Å². The number of ether oxygens (including phenoxy) is 2. The Hall–Kier alpha value is -3.49. The van der Waals surface area contributed by atoms with E-state index in [2.05, 4.69) is 88.0 Å². The van der Waals surface area contributed by atoms with E-state index < -0.39 is 0 Å². The molecule has 0 aliphatic carbocycles. The third-order valence-electron chi connectivity index (χ3n) is 8.49. The number of thiophene rings is 4. The molecule has 0 saturated heterocycles. The molecule has 0 unspecified atom stereocenters. The van der Waals surface area contributed by atoms with Gasteiger partial charge in [-0.1, -0.05) is 43.0 Å². The third-order valence-corrected chi connectivity index (χ3v) is 13.8. The van der Waals surface area contributed by atoms with Crippen molar-refractivity contribution in [2.24, 2.45) is 0 Å². The molecule has 0 spiro atoms. The van der Waals surface area contributed by atoms with Gasteiger partial charge in [0.15, 0.2) is 0 Å². The summed E-state index contributed by atoms with van der Waals surface area (Å²) < 4.78 is 17.1. The second-order valence-electron chi connectivity index (χ2n) is 11.4. The second-order valence-corrected chi connectivity index (χ2v) is 15.6. The van der Waals surface area contributed by atoms with E-state index in [1.54, 1.807) is 0 Å². The highest BCUT2D eigenvalue weighted by atomic mass is 32.1. The lowest BCUT2D eigenvalue weighted by molar-refractivity contribution is -0.137. The summed E-state index contributed by atoms with van der Waals surface area (Å²) in [4.78, 5) is 16.6. The van der Waals surface area contributed by atoms with Crippen molar-refractivity contribution < 1.29 is 14.3 Å². The minimum atomic E-state index is -0.354. The van der Waals surface area contributed by atoms with E-state index in [1.165, 1.54) is 82.6 Å². The molecule has 7 rings (SSSR count). The van der Waals surface area contributed by atoms with Crippen molar-refractivity contribution in [1.82, 2.24) is 0 Å². The molecule has 0 aliphatic rings. The van der Waals surface area contributed by atoms with Crippen molar-refractivity contribution in [3.8, 4) is 25.3 Å². The maximum absolute atomic E-state index is 11.3. The number of carbonyl (C=O) groups excluding carboxylic acids is 1. The molecule has 0 atom stereocenters. The van der Waals surface area contributed by atoms with Crippen LogP contribution in [-0.4, -0.2) is 19.2 Å². The Kier molecular flexibility index (Phi) is 8.53. The lowest BCUT2D eigenvalue weighted by Crippen LogP contribution is -2.02. The number of esters is 1. The molecule has 0 fully saturated rings. The summed E-state index contributed by atoms with van der Waals surface area (Å²) >= 11 is 7.53. The van der Waals surface area contributed by atoms with Crippen LogP contribution >= 0.6 is 45.3 Å². The third kappa shape index (κ3) is 5.61. The average Bonchev–Trinajstić information content (AvgIpc) is 3.84. The van der Waals surface area contributed by atoms with Crippen LogP contribution in [0.1, 0.15) is 42.4 Å². The van der Waals surface area contributed by atoms with Crippen molar-refractivity contribution in [2.75, 3.05) is 13.2 Å². The van der Waals surface area contributed by atoms with Crippen molar-refractivity contribution in [2.45, 2.75) is 46.5 Å². The first kappa shape index (κ1) is 30.2. The molecule has 3 nitrogen and oxygen atoms in total. The fraction of sp³-hybridized carbons (Fsp3) is 0.237. The Bertz CT molecular complexity index is 2070. The number of unbranched alkanes of at least 4 members (excludes halogenated alkanes) is 3. The number of carbonyl (C=O) groups is 1. The smallest absolute Gasteiger partial charge is 0.330 e. The lowest BCUT2D eigenvalue weighted by Gasteiger charge is -2.11. The molecule has 0 N–H and O–H groups in total. The highest BCUT2D eigenvalue weighted by Gasteiger charge is 2.22. The maximum Gasteiger partial charge on any atom is 0.330 e. The molecule has 45 heavy (non-hydrogen) atoms. The van der Waals surface area contributed by atoms with Crippen LogP contribution in [0.4, 0.5) is 0 Å². The van der Waals surface area contributed by atoms with Crippen LogP contribution in [0.15, 0.2) is 73.3 Å². The number of hydrogen-bond donors (Lipinski definition) is 0. The van der Waals surface area contributed by atoms with Crippen LogP contribution in [0.3, 0.4) is 0 Å². The Balaban J connectivity index is 1.26. The van der Waals surface area contributed by atoms with E-state index >= 15 is 0 Å². The summed E-state index contributed by atoms with van der Waals surface area (Å²) in [6.45, 7) is 11.3. The Labute approximate surface area is 279 Å². The lowest BCUT2D eigenvalue weighted by atomic mass is 10.1. The van der Waals surface area contributed by atoms with Crippen molar-refractivity contribution in [3.05, 3.63) is 90.0 Å². The molecule has 0 bridgehead atoms. The van der Waals surface area contributed by atoms with Gasteiger partial charge in [-0.2, -0.15) is 0 Å². The first-order chi connectivity index (χ1) is 21.9. The van der Waals surface area contributed by atoms with Gasteiger partial charge in [-0.05, 0) is 98.2 Å². The van der Waals surface area contributed by atoms with Gasteiger partial charge in [0, 0.05) is 50.5 Å². The van der Waals surface area contributed by atoms with Crippen molar-refractivity contribution in [1.29, 1.82) is 0 Å². The highest BCUT2D eigenvalue weighted by molar-refractivity contribution is 7.30. The summed E-state index contributed by atoms with van der Waals surface area (Å²) in [5.41, 5.74) is 4.04. The normalized spacial score (nSPS) is 11.7. The van der Waals surface area contributed by atoms with Gasteiger partial charge in [-0.25, -0.2) is 4.79 Å². The number of rotatable bonds is 11. The largest absolute Gasteiger partial charge is 0.491 e. The maximum atomic E-state index is 11.3. The van der Waals surface area contributed by atoms with Crippen LogP contribution < -0.4 is 4.74 Å². The predicted octanol–water partition coefficient (Wildman–Crippen LogP) is 12.5. The van der Waals surface area contributed by atoms with Crippen LogP contribution in [0.2, 0.25) is 0 Å². The van der Waals surface area contributed by atoms with E-state index in [-0.39, 0.29) is 5.97 Å². The molecule has 0 amide bonds. The number of benzene rings is 3. The Morgan fingerprint density at radius 1 is 0.667 bits per heavy atom. The summed E-state index contributed by atoms with van der Waals surface area (Å²) in [5.74, 6) is 0.662. The minimum absolute atomic E-state index is 0.354. The van der Waals surface area contributed by atoms with Gasteiger partial charge in [-0.15, -0.1) is 45.3 Å². The van der Waals surface area contributed by atoms with Gasteiger partial charge in [0.1, 0.15) is 5.75 Å². The zero-order valence-corrected chi connectivity index (χ0v) is 28.9. The fourth-order valence-electron chi connectivity index (χ4n) is 6.07. The van der Waals surface area contributed by atoms with Crippen LogP contribution in [0.5, 0.6) is 5.75 Å². The fourth-order valence-corrected chi connectivity index (χ4v) is 11.2. The summed E-state index contributed by atoms with van der Waals surface area (Å²) in [7, 11) is 0. The van der Waals surface area contributed by atoms with E-state index in [0.29, 0.717) is 13.2 Å². The summed E-state index contributed by atoms with van der Waals surface area (Å²) in [6.07, 6.45) is 5.04. The van der Waals surface area contributed by atoms with Crippen molar-refractivity contribution >= 4 is 91.7 Å². The molecule has 3 aromatic carbocycles. The Morgan fingerprint density at radius 2 is 1.22 bits per heavy atom. The molecule has 0 radical (unpaired) electrons. The van der Waals surface area contributed by atoms with E-state index in [9.17, 15) is 4.79 Å². The molecule has 228 valence electrons. The summed E-state index contributed by atoms with van der Waals surface area (Å²) in [6, 6.07) is 22.2. The van der Waals surface area contributed by atoms with Gasteiger partial charge in [0.2, 0.25) is 0 Å². The molecular formula is C38H34O3S4. The van der Waals surface area contributed by atoms with Crippen LogP contribution in [-0.2, 0) is 9.53 Å². The van der Waals surface area contributed by atoms with E-state index in [0.717, 1.165) is 31.4 Å². The summed E-state index contributed by atoms with van der Waals surface area (Å²) in [5, 5.41) is 5.19. The topological polar surface area (TPSA) is 35.5 Å². The van der Waals surface area contributed by atoms with Crippen molar-refractivity contribution in [3.63, 3.8) is 0 Å². The van der Waals surface area contributed by atoms with Gasteiger partial charge in [-0.3, -0.25) is 0 Å². The molecule has 4 heterocycles. The quantitative estimate of drug-likeness (QED) is 0.0783. The predicted molar refractivity (Wildman–Crippen MR) is 198 cm³/mol. The monoisotopic (exact) mass is 666 g/mol. The van der Waals surface area contributed by atoms with E-state index in [4.69, 9.17) is 9.47 Å². The average molecular weight is 667 g/mol. The number of fused-ring (bicyclic) bond motifs is 4. The molecule has 0 saturated carbocycles. The zero-order chi connectivity index (χ0) is 31.1. The van der Waals surface area contributed by atoms with E-state index in [1.807, 2.05) is 45.3 Å². The standard InChI is InChI=1S/C38H34O3S4/c1-5-33(39)40-18-12-6-7-13-19-41-34-28-21-32(37-23(3)26-15-9-11-17-30(26)43-37)44-35(28)24(4)27-20-31(45-38(27)34)36-22(2)25-14-8-10-16-29(25)42-36/h5,8-11,14-17,20-21H,1,6-7,12-13,18-19H2,2-4H3. The Morgan fingerprint density at radius 3 is 1.82 bits per heavy atom. The molecule has 0 aliphatic heterocycles. The zero-order valence-electron chi connectivity index (χ0n) is 25.7. The van der Waals surface area contributed by atoms with Gasteiger partial charge in [0.05, 0.1) is 17.9 Å². The number of hydrogen-bond acceptors (Lipinski definition) is 7. The SMILES string of the molecule is C=CC(=O)OCCCCCCOc1c2cc(-c3sc4ccccc4c3C)sc2c(C)c2cc(-c3sc4ccccc4c3C)sc12. The molecular weight excluding hydrogens is 633 g/mol. The molecule has 7 heteroatoms. The molecule has 7 aromatic rings. The van der Waals surface area contributed by atoms with Gasteiger partial charge >= 0.3 is 5.97 Å². The minimum Gasteiger partial charge on any atom is -0.491 e. The van der Waals surface area contributed by atoms with Gasteiger partial charge in [0.25, 0.3) is 0 Å². The van der Waals surface area contributed by atoms with Crippen LogP contribution in [0.25, 0.3) is 59.9 Å². The first-order valence-corrected chi connectivity index (χ1v) is 18.6. The first-order valence-electron chi connectivity index (χ1n) is 15.3.